The van der Waals surface area contributed by atoms with Crippen LogP contribution in [0.25, 0.3) is 66.5 Å². The molecule has 16 rings (SSSR count). The van der Waals surface area contributed by atoms with E-state index in [0.717, 1.165) is 11.3 Å². The van der Waals surface area contributed by atoms with E-state index < -0.39 is 10.8 Å². The Morgan fingerprint density at radius 3 is 1.19 bits per heavy atom. The largest absolute Gasteiger partial charge is 0.304 e. The van der Waals surface area contributed by atoms with Gasteiger partial charge in [-0.3, -0.25) is 4.79 Å². The monoisotopic (exact) mass is 1100 g/mol. The average molecular weight is 1100 g/mol. The number of benzene rings is 10. The first-order chi connectivity index (χ1) is 34.9. The van der Waals surface area contributed by atoms with Crippen molar-refractivity contribution in [2.45, 2.75) is 30.1 Å². The van der Waals surface area contributed by atoms with Crippen LogP contribution < -0.4 is 0 Å². The standard InChI is InChI=1S/C51H30O.C18H14N.Ir/c52-49(31-25-27-39-37-17-5-11-23-45(37)50(47(39)29-31)41-19-7-1-13-33(41)34-14-2-8-20-42(34)50)32-26-28-40-38-18-6-12-24-46(38)51(48(40)30-32)43-21-9-3-15-35(43)36-16-4-10-22-44(36)51;1-18(2)14-8-4-3-7-13(14)17-16-12(10-11-19-17)6-5-9-15(16)18;/h1-30H;3-6,8-11H,1-2H3;/q;-1;. The van der Waals surface area contributed by atoms with Crippen LogP contribution in [-0.2, 0) is 36.4 Å². The molecule has 0 atom stereocenters. The molecule has 0 bridgehead atoms. The Labute approximate surface area is 433 Å². The zero-order valence-corrected chi connectivity index (χ0v) is 42.0. The molecule has 0 saturated carbocycles. The number of nitrogens with zero attached hydrogens (tertiary/aromatic N) is 1. The van der Waals surface area contributed by atoms with Gasteiger partial charge in [-0.2, -0.15) is 0 Å². The zero-order chi connectivity index (χ0) is 47.2. The third-order valence-corrected chi connectivity index (χ3v) is 16.7. The number of rotatable bonds is 2. The van der Waals surface area contributed by atoms with E-state index in [1.165, 1.54) is 111 Å². The Morgan fingerprint density at radius 1 is 0.389 bits per heavy atom. The molecule has 0 saturated heterocycles. The van der Waals surface area contributed by atoms with Crippen LogP contribution in [0.4, 0.5) is 0 Å². The molecule has 11 aromatic rings. The molecule has 10 aromatic carbocycles. The molecular formula is C69H44IrNO-. The van der Waals surface area contributed by atoms with Crippen LogP contribution >= 0.6 is 0 Å². The molecule has 0 N–H and O–H groups in total. The van der Waals surface area contributed by atoms with Gasteiger partial charge in [0.15, 0.2) is 5.78 Å². The van der Waals surface area contributed by atoms with Gasteiger partial charge < -0.3 is 4.98 Å². The van der Waals surface area contributed by atoms with Gasteiger partial charge >= 0.3 is 0 Å². The molecule has 2 spiro atoms. The normalized spacial score (nSPS) is 14.8. The quantitative estimate of drug-likeness (QED) is 0.128. The molecular weight excluding hydrogens is 1050 g/mol. The van der Waals surface area contributed by atoms with Crippen LogP contribution in [0.2, 0.25) is 0 Å². The van der Waals surface area contributed by atoms with Crippen molar-refractivity contribution in [1.29, 1.82) is 0 Å². The predicted molar refractivity (Wildman–Crippen MR) is 287 cm³/mol. The molecule has 1 radical (unpaired) electrons. The first-order valence-corrected chi connectivity index (χ1v) is 24.7. The number of hydrogen-bond acceptors (Lipinski definition) is 2. The van der Waals surface area contributed by atoms with Crippen LogP contribution in [0.15, 0.2) is 231 Å². The van der Waals surface area contributed by atoms with Crippen molar-refractivity contribution in [2.75, 3.05) is 0 Å². The first-order valence-electron chi connectivity index (χ1n) is 24.7. The summed E-state index contributed by atoms with van der Waals surface area (Å²) in [5.41, 5.74) is 25.3. The second-order valence-electron chi connectivity index (χ2n) is 20.3. The van der Waals surface area contributed by atoms with Gasteiger partial charge in [0.25, 0.3) is 0 Å². The van der Waals surface area contributed by atoms with Gasteiger partial charge in [-0.15, -0.1) is 35.4 Å². The van der Waals surface area contributed by atoms with E-state index >= 15 is 0 Å². The summed E-state index contributed by atoms with van der Waals surface area (Å²) in [6, 6.07) is 84.0. The maximum Gasteiger partial charge on any atom is 0.193 e. The number of fused-ring (bicyclic) bond motifs is 22. The van der Waals surface area contributed by atoms with E-state index in [4.69, 9.17) is 0 Å². The maximum atomic E-state index is 15.0. The summed E-state index contributed by atoms with van der Waals surface area (Å²) in [6.07, 6.45) is 1.89. The molecule has 341 valence electrons. The molecule has 1 aromatic heterocycles. The molecule has 5 aliphatic rings. The topological polar surface area (TPSA) is 30.0 Å². The van der Waals surface area contributed by atoms with Crippen molar-refractivity contribution < 1.29 is 24.9 Å². The number of hydrogen-bond donors (Lipinski definition) is 0. The average Bonchev–Trinajstić information content (AvgIpc) is 4.12. The van der Waals surface area contributed by atoms with Gasteiger partial charge in [0.1, 0.15) is 0 Å². The summed E-state index contributed by atoms with van der Waals surface area (Å²) in [5, 5.41) is 2.54. The van der Waals surface area contributed by atoms with Gasteiger partial charge in [0.05, 0.1) is 10.8 Å². The summed E-state index contributed by atoms with van der Waals surface area (Å²) in [6.45, 7) is 4.56. The minimum absolute atomic E-state index is 0. The minimum Gasteiger partial charge on any atom is -0.304 e. The molecule has 3 heteroatoms. The van der Waals surface area contributed by atoms with Gasteiger partial charge in [-0.25, -0.2) is 0 Å². The van der Waals surface area contributed by atoms with Gasteiger partial charge in [-0.1, -0.05) is 202 Å². The maximum absolute atomic E-state index is 15.0. The smallest absolute Gasteiger partial charge is 0.193 e. The number of carbonyl (C=O) groups excluding carboxylic acids is 1. The Morgan fingerprint density at radius 2 is 0.764 bits per heavy atom. The summed E-state index contributed by atoms with van der Waals surface area (Å²) >= 11 is 0. The molecule has 72 heavy (non-hydrogen) atoms. The van der Waals surface area contributed by atoms with Crippen molar-refractivity contribution in [1.82, 2.24) is 4.98 Å². The fourth-order valence-electron chi connectivity index (χ4n) is 13.9. The molecule has 0 aliphatic heterocycles. The van der Waals surface area contributed by atoms with E-state index in [2.05, 4.69) is 231 Å². The number of carbonyl (C=O) groups is 1. The van der Waals surface area contributed by atoms with E-state index in [0.29, 0.717) is 11.1 Å². The number of pyridine rings is 1. The fourth-order valence-corrected chi connectivity index (χ4v) is 13.9. The second-order valence-corrected chi connectivity index (χ2v) is 20.3. The van der Waals surface area contributed by atoms with Crippen LogP contribution in [0.5, 0.6) is 0 Å². The zero-order valence-electron chi connectivity index (χ0n) is 39.6. The van der Waals surface area contributed by atoms with Crippen molar-refractivity contribution in [3.63, 3.8) is 0 Å². The summed E-state index contributed by atoms with van der Waals surface area (Å²) < 4.78 is 0. The molecule has 1 heterocycles. The van der Waals surface area contributed by atoms with Crippen LogP contribution in [-0.4, -0.2) is 10.8 Å². The van der Waals surface area contributed by atoms with Crippen LogP contribution in [0, 0.1) is 6.07 Å². The Kier molecular flexibility index (Phi) is 9.19. The van der Waals surface area contributed by atoms with Crippen molar-refractivity contribution in [2.24, 2.45) is 0 Å². The second kappa shape index (κ2) is 15.5. The van der Waals surface area contributed by atoms with Gasteiger partial charge in [-0.05, 0) is 135 Å². The molecule has 2 nitrogen and oxygen atoms in total. The SMILES string of the molecule is CC1(C)c2ccc[c-]c2-c2nccc3cccc1c23.O=C(c1ccc2c(c1)C1(c3ccccc3-c3ccccc31)c1ccccc1-2)c1ccc2c(c1)C1(c3ccccc3-c3ccccc31)c1ccccc1-2.[Ir]. The van der Waals surface area contributed by atoms with Crippen molar-refractivity contribution in [3.8, 4) is 55.8 Å². The van der Waals surface area contributed by atoms with E-state index in [1.807, 2.05) is 24.4 Å². The van der Waals surface area contributed by atoms with Crippen molar-refractivity contribution in [3.05, 3.63) is 303 Å². The molecule has 5 aliphatic carbocycles. The van der Waals surface area contributed by atoms with Crippen molar-refractivity contribution >= 4 is 16.6 Å². The van der Waals surface area contributed by atoms with E-state index in [-0.39, 0.29) is 31.3 Å². The third kappa shape index (κ3) is 5.37. The Balaban J connectivity index is 0.000000202. The predicted octanol–water partition coefficient (Wildman–Crippen LogP) is 15.9. The fraction of sp³-hybridized carbons (Fsp3) is 0.0725. The molecule has 0 unspecified atom stereocenters. The Bertz CT molecular complexity index is 3810. The van der Waals surface area contributed by atoms with Gasteiger partial charge in [0.2, 0.25) is 0 Å². The molecule has 0 amide bonds. The first kappa shape index (κ1) is 42.8. The third-order valence-electron chi connectivity index (χ3n) is 16.7. The van der Waals surface area contributed by atoms with E-state index in [9.17, 15) is 4.79 Å². The number of ketones is 1. The minimum atomic E-state index is -0.490. The number of aromatic nitrogens is 1. The van der Waals surface area contributed by atoms with Crippen LogP contribution in [0.1, 0.15) is 85.4 Å². The summed E-state index contributed by atoms with van der Waals surface area (Å²) in [5.74, 6) is 0.0435. The van der Waals surface area contributed by atoms with Gasteiger partial charge in [0, 0.05) is 37.4 Å². The summed E-state index contributed by atoms with van der Waals surface area (Å²) in [7, 11) is 0. The van der Waals surface area contributed by atoms with E-state index in [1.54, 1.807) is 0 Å². The Hall–Kier alpha value is -8.07. The molecule has 0 fully saturated rings. The van der Waals surface area contributed by atoms with Crippen LogP contribution in [0.3, 0.4) is 0 Å². The summed E-state index contributed by atoms with van der Waals surface area (Å²) in [4.78, 5) is 19.6.